The molecule has 0 atom stereocenters. The Bertz CT molecular complexity index is 1180. The average molecular weight is 440 g/mol. The molecule has 2 N–H and O–H groups in total. The summed E-state index contributed by atoms with van der Waals surface area (Å²) in [6.45, 7) is 7.56. The lowest BCUT2D eigenvalue weighted by Crippen LogP contribution is -2.37. The average Bonchev–Trinajstić information content (AvgIpc) is 3.15. The maximum absolute atomic E-state index is 11.8. The second kappa shape index (κ2) is 9.78. The lowest BCUT2D eigenvalue weighted by Gasteiger charge is -2.14. The van der Waals surface area contributed by atoms with Gasteiger partial charge in [-0.3, -0.25) is 0 Å². The minimum absolute atomic E-state index is 0.357. The highest BCUT2D eigenvalue weighted by Crippen LogP contribution is 2.17. The SMILES string of the molecule is CCNC(=NCc1ccc(S(C)(=O)=O)c(C)c1)NCc1ccccc1-n1ccc(C)n1. The van der Waals surface area contributed by atoms with E-state index < -0.39 is 9.84 Å². The lowest BCUT2D eigenvalue weighted by molar-refractivity contribution is 0.601. The van der Waals surface area contributed by atoms with Crippen molar-refractivity contribution in [2.45, 2.75) is 38.8 Å². The summed E-state index contributed by atoms with van der Waals surface area (Å²) in [5, 5.41) is 11.1. The van der Waals surface area contributed by atoms with Gasteiger partial charge in [0.25, 0.3) is 0 Å². The van der Waals surface area contributed by atoms with Crippen LogP contribution in [0.2, 0.25) is 0 Å². The highest BCUT2D eigenvalue weighted by atomic mass is 32.2. The molecular weight excluding hydrogens is 410 g/mol. The number of rotatable bonds is 7. The first-order valence-corrected chi connectivity index (χ1v) is 12.1. The van der Waals surface area contributed by atoms with Gasteiger partial charge in [0, 0.05) is 25.5 Å². The van der Waals surface area contributed by atoms with Crippen LogP contribution in [0.25, 0.3) is 5.69 Å². The molecule has 1 aromatic heterocycles. The van der Waals surface area contributed by atoms with E-state index in [-0.39, 0.29) is 0 Å². The van der Waals surface area contributed by atoms with Crippen molar-refractivity contribution < 1.29 is 8.42 Å². The summed E-state index contributed by atoms with van der Waals surface area (Å²) >= 11 is 0. The van der Waals surface area contributed by atoms with Crippen molar-refractivity contribution in [1.82, 2.24) is 20.4 Å². The van der Waals surface area contributed by atoms with Gasteiger partial charge in [-0.2, -0.15) is 5.10 Å². The number of hydrogen-bond acceptors (Lipinski definition) is 4. The Hall–Kier alpha value is -3.13. The van der Waals surface area contributed by atoms with Gasteiger partial charge >= 0.3 is 0 Å². The predicted molar refractivity (Wildman–Crippen MR) is 124 cm³/mol. The second-order valence-corrected chi connectivity index (χ2v) is 9.44. The number of hydrogen-bond donors (Lipinski definition) is 2. The molecule has 0 aliphatic rings. The third kappa shape index (κ3) is 5.95. The van der Waals surface area contributed by atoms with Crippen LogP contribution in [0.1, 0.15) is 29.3 Å². The van der Waals surface area contributed by atoms with Crippen molar-refractivity contribution in [2.24, 2.45) is 4.99 Å². The van der Waals surface area contributed by atoms with Gasteiger partial charge in [0.15, 0.2) is 15.8 Å². The van der Waals surface area contributed by atoms with Crippen molar-refractivity contribution in [3.8, 4) is 5.69 Å². The number of sulfone groups is 1. The fourth-order valence-electron chi connectivity index (χ4n) is 3.35. The van der Waals surface area contributed by atoms with Crippen LogP contribution in [-0.2, 0) is 22.9 Å². The molecule has 0 unspecified atom stereocenters. The molecule has 1 heterocycles. The van der Waals surface area contributed by atoms with Crippen molar-refractivity contribution in [1.29, 1.82) is 0 Å². The lowest BCUT2D eigenvalue weighted by atomic mass is 10.1. The number of guanidine groups is 1. The van der Waals surface area contributed by atoms with E-state index in [4.69, 9.17) is 0 Å². The first-order chi connectivity index (χ1) is 14.8. The number of benzene rings is 2. The standard InChI is InChI=1S/C23H29N5O2S/c1-5-24-23(25-15-19-10-11-22(17(2)14-19)31(4,29)30)26-16-20-8-6-7-9-21(20)28-13-12-18(3)27-28/h6-14H,5,15-16H2,1-4H3,(H2,24,25,26). The molecule has 31 heavy (non-hydrogen) atoms. The van der Waals surface area contributed by atoms with Crippen LogP contribution in [0, 0.1) is 13.8 Å². The van der Waals surface area contributed by atoms with Crippen LogP contribution in [0.4, 0.5) is 0 Å². The van der Waals surface area contributed by atoms with E-state index >= 15 is 0 Å². The van der Waals surface area contributed by atoms with Crippen LogP contribution in [0.5, 0.6) is 0 Å². The monoisotopic (exact) mass is 439 g/mol. The summed E-state index contributed by atoms with van der Waals surface area (Å²) in [5.41, 5.74) is 4.77. The van der Waals surface area contributed by atoms with Crippen molar-refractivity contribution in [2.75, 3.05) is 12.8 Å². The smallest absolute Gasteiger partial charge is 0.191 e. The van der Waals surface area contributed by atoms with Gasteiger partial charge < -0.3 is 10.6 Å². The van der Waals surface area contributed by atoms with Crippen LogP contribution in [0.3, 0.4) is 0 Å². The van der Waals surface area contributed by atoms with E-state index in [1.165, 1.54) is 6.26 Å². The van der Waals surface area contributed by atoms with Gasteiger partial charge in [-0.1, -0.05) is 30.3 Å². The van der Waals surface area contributed by atoms with Gasteiger partial charge in [-0.25, -0.2) is 18.1 Å². The maximum atomic E-state index is 11.8. The zero-order valence-corrected chi connectivity index (χ0v) is 19.2. The van der Waals surface area contributed by atoms with Gasteiger partial charge in [-0.15, -0.1) is 0 Å². The Labute approximate surface area is 184 Å². The topological polar surface area (TPSA) is 88.4 Å². The number of aryl methyl sites for hydroxylation is 2. The molecule has 0 amide bonds. The van der Waals surface area contributed by atoms with Crippen LogP contribution < -0.4 is 10.6 Å². The molecule has 7 nitrogen and oxygen atoms in total. The molecule has 3 rings (SSSR count). The van der Waals surface area contributed by atoms with Gasteiger partial charge in [0.05, 0.1) is 22.8 Å². The Kier molecular flexibility index (Phi) is 7.12. The predicted octanol–water partition coefficient (Wildman–Crippen LogP) is 3.15. The molecule has 164 valence electrons. The zero-order chi connectivity index (χ0) is 22.4. The Morgan fingerprint density at radius 3 is 2.52 bits per heavy atom. The molecule has 0 saturated carbocycles. The van der Waals surface area contributed by atoms with E-state index in [9.17, 15) is 8.42 Å². The minimum Gasteiger partial charge on any atom is -0.357 e. The molecule has 0 spiro atoms. The summed E-state index contributed by atoms with van der Waals surface area (Å²) < 4.78 is 25.5. The van der Waals surface area contributed by atoms with Crippen molar-refractivity contribution >= 4 is 15.8 Å². The molecule has 0 aliphatic heterocycles. The Balaban J connectivity index is 1.74. The van der Waals surface area contributed by atoms with E-state index in [0.717, 1.165) is 34.6 Å². The zero-order valence-electron chi connectivity index (χ0n) is 18.4. The van der Waals surface area contributed by atoms with Crippen LogP contribution >= 0.6 is 0 Å². The number of para-hydroxylation sites is 1. The number of nitrogens with zero attached hydrogens (tertiary/aromatic N) is 3. The van der Waals surface area contributed by atoms with E-state index in [1.807, 2.05) is 61.1 Å². The van der Waals surface area contributed by atoms with Crippen LogP contribution in [-0.4, -0.2) is 37.0 Å². The first kappa shape index (κ1) is 22.6. The molecule has 8 heteroatoms. The summed E-state index contributed by atoms with van der Waals surface area (Å²) in [6, 6.07) is 15.4. The Morgan fingerprint density at radius 1 is 1.10 bits per heavy atom. The first-order valence-electron chi connectivity index (χ1n) is 10.2. The third-order valence-corrected chi connectivity index (χ3v) is 6.07. The molecular formula is C23H29N5O2S. The highest BCUT2D eigenvalue weighted by Gasteiger charge is 2.11. The van der Waals surface area contributed by atoms with E-state index in [1.54, 1.807) is 13.0 Å². The largest absolute Gasteiger partial charge is 0.357 e. The third-order valence-electron chi connectivity index (χ3n) is 4.81. The summed E-state index contributed by atoms with van der Waals surface area (Å²) in [7, 11) is -3.22. The van der Waals surface area contributed by atoms with E-state index in [2.05, 4.69) is 26.8 Å². The normalized spacial score (nSPS) is 12.1. The minimum atomic E-state index is -3.22. The molecule has 0 fully saturated rings. The van der Waals surface area contributed by atoms with Crippen molar-refractivity contribution in [3.63, 3.8) is 0 Å². The van der Waals surface area contributed by atoms with Gasteiger partial charge in [0.2, 0.25) is 0 Å². The molecule has 0 saturated heterocycles. The molecule has 0 aliphatic carbocycles. The summed E-state index contributed by atoms with van der Waals surface area (Å²) in [6.07, 6.45) is 3.18. The number of nitrogens with one attached hydrogen (secondary N) is 2. The number of aromatic nitrogens is 2. The Morgan fingerprint density at radius 2 is 1.87 bits per heavy atom. The fourth-order valence-corrected chi connectivity index (χ4v) is 4.31. The molecule has 2 aromatic carbocycles. The number of aliphatic imine (C=N–C) groups is 1. The maximum Gasteiger partial charge on any atom is 0.191 e. The van der Waals surface area contributed by atoms with Gasteiger partial charge in [0.1, 0.15) is 0 Å². The fraction of sp³-hybridized carbons (Fsp3) is 0.304. The quantitative estimate of drug-likeness (QED) is 0.436. The molecule has 0 bridgehead atoms. The summed E-state index contributed by atoms with van der Waals surface area (Å²) in [4.78, 5) is 5.02. The molecule has 3 aromatic rings. The van der Waals surface area contributed by atoms with Crippen molar-refractivity contribution in [3.05, 3.63) is 77.1 Å². The highest BCUT2D eigenvalue weighted by molar-refractivity contribution is 7.90. The second-order valence-electron chi connectivity index (χ2n) is 7.45. The van der Waals surface area contributed by atoms with Gasteiger partial charge in [-0.05, 0) is 55.7 Å². The van der Waals surface area contributed by atoms with E-state index in [0.29, 0.717) is 23.9 Å². The summed E-state index contributed by atoms with van der Waals surface area (Å²) in [5.74, 6) is 0.693. The molecule has 0 radical (unpaired) electrons. The van der Waals surface area contributed by atoms with Crippen LogP contribution in [0.15, 0.2) is 64.6 Å².